The van der Waals surface area contributed by atoms with Gasteiger partial charge in [0.05, 0.1) is 12.6 Å². The first-order valence-electron chi connectivity index (χ1n) is 8.36. The maximum atomic E-state index is 12.2. The summed E-state index contributed by atoms with van der Waals surface area (Å²) in [6.45, 7) is 3.96. The zero-order chi connectivity index (χ0) is 18.5. The van der Waals surface area contributed by atoms with Crippen molar-refractivity contribution in [1.29, 1.82) is 0 Å². The summed E-state index contributed by atoms with van der Waals surface area (Å²) < 4.78 is 11.0. The van der Waals surface area contributed by atoms with E-state index in [9.17, 15) is 4.79 Å². The molecule has 0 unspecified atom stereocenters. The standard InChI is InChI=1S/C20H20N2O3S/c1-3-24-19(23)18-13(2)17(21-20(26)22-18)14-8-7-11-16(12-14)25-15-9-5-4-6-10-15/h4-12,17H,3H2,1-2H3,(H2,21,22,26)/t17-/m0/s1. The van der Waals surface area contributed by atoms with E-state index in [2.05, 4.69) is 10.6 Å². The third kappa shape index (κ3) is 4.03. The molecule has 134 valence electrons. The molecule has 2 N–H and O–H groups in total. The van der Waals surface area contributed by atoms with E-state index < -0.39 is 5.97 Å². The largest absolute Gasteiger partial charge is 0.461 e. The Balaban J connectivity index is 1.89. The van der Waals surface area contributed by atoms with E-state index >= 15 is 0 Å². The predicted octanol–water partition coefficient (Wildman–Crippen LogP) is 3.83. The monoisotopic (exact) mass is 368 g/mol. The van der Waals surface area contributed by atoms with Crippen LogP contribution >= 0.6 is 12.2 Å². The summed E-state index contributed by atoms with van der Waals surface area (Å²) in [6, 6.07) is 17.0. The molecule has 1 atom stereocenters. The summed E-state index contributed by atoms with van der Waals surface area (Å²) >= 11 is 5.26. The normalized spacial score (nSPS) is 16.5. The second-order valence-electron chi connectivity index (χ2n) is 5.80. The number of benzene rings is 2. The molecule has 5 nitrogen and oxygen atoms in total. The Bertz CT molecular complexity index is 849. The Labute approximate surface area is 158 Å². The molecule has 2 aromatic rings. The molecule has 0 radical (unpaired) electrons. The first-order chi connectivity index (χ1) is 12.6. The number of carbonyl (C=O) groups is 1. The van der Waals surface area contributed by atoms with Gasteiger partial charge in [-0.05, 0) is 61.5 Å². The number of para-hydroxylation sites is 1. The fraction of sp³-hybridized carbons (Fsp3) is 0.200. The number of esters is 1. The number of ether oxygens (including phenoxy) is 2. The number of nitrogens with one attached hydrogen (secondary N) is 2. The molecule has 0 fully saturated rings. The average molecular weight is 368 g/mol. The van der Waals surface area contributed by atoms with Crippen LogP contribution in [0.5, 0.6) is 11.5 Å². The molecule has 1 aliphatic rings. The van der Waals surface area contributed by atoms with Crippen LogP contribution in [0.25, 0.3) is 0 Å². The molecular weight excluding hydrogens is 348 g/mol. The summed E-state index contributed by atoms with van der Waals surface area (Å²) in [5.41, 5.74) is 2.14. The fourth-order valence-corrected chi connectivity index (χ4v) is 2.98. The van der Waals surface area contributed by atoms with Crippen molar-refractivity contribution >= 4 is 23.3 Å². The molecule has 1 heterocycles. The predicted molar refractivity (Wildman–Crippen MR) is 104 cm³/mol. The molecule has 1 aliphatic heterocycles. The molecule has 0 aliphatic carbocycles. The molecule has 0 spiro atoms. The molecular formula is C20H20N2O3S. The molecule has 0 saturated heterocycles. The Morgan fingerprint density at radius 3 is 2.58 bits per heavy atom. The van der Waals surface area contributed by atoms with Gasteiger partial charge >= 0.3 is 5.97 Å². The molecule has 0 amide bonds. The molecule has 2 aromatic carbocycles. The van der Waals surface area contributed by atoms with Crippen LogP contribution in [0.2, 0.25) is 0 Å². The maximum absolute atomic E-state index is 12.2. The minimum atomic E-state index is -0.407. The minimum Gasteiger partial charge on any atom is -0.461 e. The highest BCUT2D eigenvalue weighted by atomic mass is 32.1. The number of thiocarbonyl (C=S) groups is 1. The number of rotatable bonds is 5. The Hall–Kier alpha value is -2.86. The van der Waals surface area contributed by atoms with Crippen molar-refractivity contribution in [3.8, 4) is 11.5 Å². The van der Waals surface area contributed by atoms with Gasteiger partial charge in [-0.2, -0.15) is 0 Å². The summed E-state index contributed by atoms with van der Waals surface area (Å²) in [5.74, 6) is 1.07. The molecule has 6 heteroatoms. The zero-order valence-electron chi connectivity index (χ0n) is 14.6. The van der Waals surface area contributed by atoms with Crippen LogP contribution in [0.1, 0.15) is 25.5 Å². The van der Waals surface area contributed by atoms with Crippen molar-refractivity contribution in [3.63, 3.8) is 0 Å². The molecule has 0 saturated carbocycles. The minimum absolute atomic E-state index is 0.234. The summed E-state index contributed by atoms with van der Waals surface area (Å²) in [4.78, 5) is 12.2. The Morgan fingerprint density at radius 1 is 1.12 bits per heavy atom. The highest BCUT2D eigenvalue weighted by Gasteiger charge is 2.28. The van der Waals surface area contributed by atoms with Crippen molar-refractivity contribution < 1.29 is 14.3 Å². The number of carbonyl (C=O) groups excluding carboxylic acids is 1. The third-order valence-electron chi connectivity index (χ3n) is 3.99. The lowest BCUT2D eigenvalue weighted by molar-refractivity contribution is -0.138. The number of hydrogen-bond donors (Lipinski definition) is 2. The summed E-state index contributed by atoms with van der Waals surface area (Å²) in [7, 11) is 0. The lowest BCUT2D eigenvalue weighted by Gasteiger charge is -2.29. The van der Waals surface area contributed by atoms with E-state index in [1.165, 1.54) is 0 Å². The van der Waals surface area contributed by atoms with Gasteiger partial charge in [0, 0.05) is 0 Å². The van der Waals surface area contributed by atoms with Gasteiger partial charge in [-0.15, -0.1) is 0 Å². The second-order valence-corrected chi connectivity index (χ2v) is 6.21. The van der Waals surface area contributed by atoms with Crippen LogP contribution in [0.4, 0.5) is 0 Å². The van der Waals surface area contributed by atoms with Gasteiger partial charge < -0.3 is 20.1 Å². The fourth-order valence-electron chi connectivity index (χ4n) is 2.76. The van der Waals surface area contributed by atoms with Gasteiger partial charge in [0.25, 0.3) is 0 Å². The highest BCUT2D eigenvalue weighted by molar-refractivity contribution is 7.80. The van der Waals surface area contributed by atoms with E-state index in [1.807, 2.05) is 61.5 Å². The SMILES string of the molecule is CCOC(=O)C1=C(C)[C@@H](c2cccc(Oc3ccccc3)c2)NC(=S)N1. The van der Waals surface area contributed by atoms with Crippen molar-refractivity contribution in [2.24, 2.45) is 0 Å². The topological polar surface area (TPSA) is 59.6 Å². The Kier molecular flexibility index (Phi) is 5.53. The molecule has 0 aromatic heterocycles. The quantitative estimate of drug-likeness (QED) is 0.618. The van der Waals surface area contributed by atoms with E-state index in [0.29, 0.717) is 23.2 Å². The van der Waals surface area contributed by atoms with Gasteiger partial charge in [-0.1, -0.05) is 30.3 Å². The van der Waals surface area contributed by atoms with Crippen LogP contribution in [0, 0.1) is 0 Å². The molecule has 26 heavy (non-hydrogen) atoms. The van der Waals surface area contributed by atoms with Gasteiger partial charge in [0.15, 0.2) is 5.11 Å². The molecule has 3 rings (SSSR count). The third-order valence-corrected chi connectivity index (χ3v) is 4.21. The zero-order valence-corrected chi connectivity index (χ0v) is 15.4. The Morgan fingerprint density at radius 2 is 1.85 bits per heavy atom. The second kappa shape index (κ2) is 8.01. The van der Waals surface area contributed by atoms with E-state index in [-0.39, 0.29) is 6.04 Å². The smallest absolute Gasteiger partial charge is 0.354 e. The van der Waals surface area contributed by atoms with Crippen molar-refractivity contribution in [2.75, 3.05) is 6.61 Å². The van der Waals surface area contributed by atoms with E-state index in [0.717, 1.165) is 16.9 Å². The van der Waals surface area contributed by atoms with Gasteiger partial charge in [-0.25, -0.2) is 4.79 Å². The summed E-state index contributed by atoms with van der Waals surface area (Å²) in [5, 5.41) is 6.49. The summed E-state index contributed by atoms with van der Waals surface area (Å²) in [6.07, 6.45) is 0. The van der Waals surface area contributed by atoms with Crippen LogP contribution in [-0.2, 0) is 9.53 Å². The van der Waals surface area contributed by atoms with Crippen LogP contribution in [0.3, 0.4) is 0 Å². The van der Waals surface area contributed by atoms with Crippen LogP contribution in [-0.4, -0.2) is 17.7 Å². The van der Waals surface area contributed by atoms with Gasteiger partial charge in [0.2, 0.25) is 0 Å². The van der Waals surface area contributed by atoms with Crippen molar-refractivity contribution in [1.82, 2.24) is 10.6 Å². The van der Waals surface area contributed by atoms with Crippen molar-refractivity contribution in [2.45, 2.75) is 19.9 Å². The van der Waals surface area contributed by atoms with Gasteiger partial charge in [-0.3, -0.25) is 0 Å². The van der Waals surface area contributed by atoms with Crippen LogP contribution < -0.4 is 15.4 Å². The maximum Gasteiger partial charge on any atom is 0.354 e. The first kappa shape index (κ1) is 17.9. The van der Waals surface area contributed by atoms with Crippen LogP contribution in [0.15, 0.2) is 65.9 Å². The average Bonchev–Trinajstić information content (AvgIpc) is 2.64. The number of hydrogen-bond acceptors (Lipinski definition) is 4. The van der Waals surface area contributed by atoms with Gasteiger partial charge in [0.1, 0.15) is 17.2 Å². The lowest BCUT2D eigenvalue weighted by atomic mass is 9.96. The van der Waals surface area contributed by atoms with E-state index in [4.69, 9.17) is 21.7 Å². The highest BCUT2D eigenvalue weighted by Crippen LogP contribution is 2.30. The molecule has 0 bridgehead atoms. The van der Waals surface area contributed by atoms with E-state index in [1.54, 1.807) is 6.92 Å². The first-order valence-corrected chi connectivity index (χ1v) is 8.77. The van der Waals surface area contributed by atoms with Crippen molar-refractivity contribution in [3.05, 3.63) is 71.4 Å². The lowest BCUT2D eigenvalue weighted by Crippen LogP contribution is -2.45.